The van der Waals surface area contributed by atoms with E-state index in [0.717, 1.165) is 38.3 Å². The van der Waals surface area contributed by atoms with Gasteiger partial charge in [-0.15, -0.1) is 11.3 Å². The second-order valence-electron chi connectivity index (χ2n) is 6.89. The number of benzene rings is 2. The van der Waals surface area contributed by atoms with Crippen LogP contribution in [0.15, 0.2) is 60.1 Å². The van der Waals surface area contributed by atoms with Gasteiger partial charge >= 0.3 is 0 Å². The fourth-order valence-electron chi connectivity index (χ4n) is 3.25. The maximum atomic E-state index is 12.6. The smallest absolute Gasteiger partial charge is 0.246 e. The van der Waals surface area contributed by atoms with Crippen LogP contribution in [0.4, 0.5) is 10.8 Å². The fraction of sp³-hybridized carbons (Fsp3) is 0.143. The zero-order chi connectivity index (χ0) is 21.3. The predicted octanol–water partition coefficient (Wildman–Crippen LogP) is 4.00. The summed E-state index contributed by atoms with van der Waals surface area (Å²) < 4.78 is 25.7. The van der Waals surface area contributed by atoms with Crippen LogP contribution in [0, 0.1) is 6.92 Å². The number of aromatic amines is 1. The summed E-state index contributed by atoms with van der Waals surface area (Å²) in [5.41, 5.74) is 3.94. The van der Waals surface area contributed by atoms with Gasteiger partial charge in [0, 0.05) is 28.0 Å². The van der Waals surface area contributed by atoms with E-state index >= 15 is 0 Å². The maximum Gasteiger partial charge on any atom is 0.246 e. The van der Waals surface area contributed by atoms with Crippen molar-refractivity contribution in [2.75, 3.05) is 22.4 Å². The minimum Gasteiger partial charge on any atom is -0.360 e. The summed E-state index contributed by atoms with van der Waals surface area (Å²) in [7, 11) is -3.63. The third kappa shape index (κ3) is 4.07. The van der Waals surface area contributed by atoms with E-state index in [-0.39, 0.29) is 6.54 Å². The van der Waals surface area contributed by atoms with E-state index in [1.165, 1.54) is 11.3 Å². The SMILES string of the molecule is Cc1ccccc1N(CC(=O)Nc1nc(-c2c[nH]c3ccccc23)cs1)S(C)(=O)=O. The molecular formula is C21H20N4O3S2. The minimum absolute atomic E-state index is 0.328. The molecule has 0 unspecified atom stereocenters. The molecule has 0 saturated carbocycles. The second-order valence-corrected chi connectivity index (χ2v) is 9.66. The van der Waals surface area contributed by atoms with Crippen LogP contribution >= 0.6 is 11.3 Å². The zero-order valence-corrected chi connectivity index (χ0v) is 18.0. The highest BCUT2D eigenvalue weighted by molar-refractivity contribution is 7.92. The van der Waals surface area contributed by atoms with Crippen LogP contribution in [-0.2, 0) is 14.8 Å². The Morgan fingerprint density at radius 1 is 1.17 bits per heavy atom. The largest absolute Gasteiger partial charge is 0.360 e. The van der Waals surface area contributed by atoms with Crippen LogP contribution in [0.25, 0.3) is 22.2 Å². The van der Waals surface area contributed by atoms with Crippen LogP contribution in [0.2, 0.25) is 0 Å². The van der Waals surface area contributed by atoms with Gasteiger partial charge in [0.15, 0.2) is 5.13 Å². The molecule has 4 rings (SSSR count). The molecule has 0 spiro atoms. The summed E-state index contributed by atoms with van der Waals surface area (Å²) in [6.45, 7) is 1.48. The van der Waals surface area contributed by atoms with E-state index in [2.05, 4.69) is 15.3 Å². The number of amides is 1. The van der Waals surface area contributed by atoms with Crippen molar-refractivity contribution < 1.29 is 13.2 Å². The number of aryl methyl sites for hydroxylation is 1. The Balaban J connectivity index is 1.53. The Labute approximate surface area is 178 Å². The van der Waals surface area contributed by atoms with Crippen LogP contribution < -0.4 is 9.62 Å². The first-order valence-corrected chi connectivity index (χ1v) is 11.9. The highest BCUT2D eigenvalue weighted by atomic mass is 32.2. The number of fused-ring (bicyclic) bond motifs is 1. The lowest BCUT2D eigenvalue weighted by Gasteiger charge is -2.23. The first-order chi connectivity index (χ1) is 14.3. The molecule has 2 aromatic carbocycles. The quantitative estimate of drug-likeness (QED) is 0.474. The van der Waals surface area contributed by atoms with Crippen LogP contribution in [0.1, 0.15) is 5.56 Å². The average molecular weight is 441 g/mol. The molecule has 0 bridgehead atoms. The van der Waals surface area contributed by atoms with Gasteiger partial charge in [0.1, 0.15) is 6.54 Å². The number of hydrogen-bond donors (Lipinski definition) is 2. The number of sulfonamides is 1. The van der Waals surface area contributed by atoms with Gasteiger partial charge in [-0.25, -0.2) is 13.4 Å². The first-order valence-electron chi connectivity index (χ1n) is 9.18. The number of H-pyrrole nitrogens is 1. The summed E-state index contributed by atoms with van der Waals surface area (Å²) in [5.74, 6) is -0.455. The summed E-state index contributed by atoms with van der Waals surface area (Å²) in [6.07, 6.45) is 2.97. The summed E-state index contributed by atoms with van der Waals surface area (Å²) in [4.78, 5) is 20.3. The number of carbonyl (C=O) groups is 1. The van der Waals surface area contributed by atoms with Crippen molar-refractivity contribution in [3.8, 4) is 11.3 Å². The Bertz CT molecular complexity index is 1320. The molecule has 0 saturated heterocycles. The van der Waals surface area contributed by atoms with Gasteiger partial charge in [-0.3, -0.25) is 9.10 Å². The van der Waals surface area contributed by atoms with Gasteiger partial charge in [0.25, 0.3) is 0 Å². The molecule has 9 heteroatoms. The molecule has 0 aliphatic heterocycles. The number of para-hydroxylation sites is 2. The molecule has 0 radical (unpaired) electrons. The Morgan fingerprint density at radius 3 is 2.67 bits per heavy atom. The third-order valence-electron chi connectivity index (χ3n) is 4.69. The zero-order valence-electron chi connectivity index (χ0n) is 16.4. The first kappa shape index (κ1) is 20.1. The number of aromatic nitrogens is 2. The normalized spacial score (nSPS) is 11.5. The van der Waals surface area contributed by atoms with E-state index in [1.54, 1.807) is 25.1 Å². The number of nitrogens with one attached hydrogen (secondary N) is 2. The van der Waals surface area contributed by atoms with E-state index in [9.17, 15) is 13.2 Å². The van der Waals surface area contributed by atoms with Gasteiger partial charge in [0.05, 0.1) is 17.6 Å². The number of anilines is 2. The van der Waals surface area contributed by atoms with E-state index in [4.69, 9.17) is 0 Å². The molecule has 2 N–H and O–H groups in total. The number of nitrogens with zero attached hydrogens (tertiary/aromatic N) is 2. The Hall–Kier alpha value is -3.17. The number of hydrogen-bond acceptors (Lipinski definition) is 5. The van der Waals surface area contributed by atoms with Crippen molar-refractivity contribution in [1.29, 1.82) is 0 Å². The lowest BCUT2D eigenvalue weighted by molar-refractivity contribution is -0.114. The average Bonchev–Trinajstić information content (AvgIpc) is 3.32. The monoisotopic (exact) mass is 440 g/mol. The Kier molecular flexibility index (Phi) is 5.31. The maximum absolute atomic E-state index is 12.6. The molecule has 0 aliphatic carbocycles. The molecule has 4 aromatic rings. The van der Waals surface area contributed by atoms with Crippen molar-refractivity contribution in [3.05, 3.63) is 65.7 Å². The standard InChI is InChI=1S/C21H20N4O3S2/c1-14-7-3-6-10-19(14)25(30(2,27)28)12-20(26)24-21-23-18(13-29-21)16-11-22-17-9-5-4-8-15(16)17/h3-11,13,22H,12H2,1-2H3,(H,23,24,26). The molecule has 30 heavy (non-hydrogen) atoms. The molecular weight excluding hydrogens is 420 g/mol. The van der Waals surface area contributed by atoms with E-state index in [0.29, 0.717) is 10.8 Å². The fourth-order valence-corrected chi connectivity index (χ4v) is 4.89. The Morgan fingerprint density at radius 2 is 1.90 bits per heavy atom. The summed E-state index contributed by atoms with van der Waals surface area (Å²) in [6, 6.07) is 15.0. The van der Waals surface area contributed by atoms with E-state index in [1.807, 2.05) is 41.9 Å². The topological polar surface area (TPSA) is 95.2 Å². The molecule has 1 amide bonds. The molecule has 0 atom stereocenters. The van der Waals surface area contributed by atoms with Crippen molar-refractivity contribution in [3.63, 3.8) is 0 Å². The lowest BCUT2D eigenvalue weighted by atomic mass is 10.1. The lowest BCUT2D eigenvalue weighted by Crippen LogP contribution is -2.37. The van der Waals surface area contributed by atoms with Gasteiger partial charge in [-0.1, -0.05) is 36.4 Å². The van der Waals surface area contributed by atoms with Crippen molar-refractivity contribution in [1.82, 2.24) is 9.97 Å². The highest BCUT2D eigenvalue weighted by Gasteiger charge is 2.22. The molecule has 0 aliphatic rings. The predicted molar refractivity (Wildman–Crippen MR) is 121 cm³/mol. The van der Waals surface area contributed by atoms with E-state index < -0.39 is 15.9 Å². The van der Waals surface area contributed by atoms with Gasteiger partial charge < -0.3 is 10.3 Å². The van der Waals surface area contributed by atoms with Crippen molar-refractivity contribution in [2.24, 2.45) is 0 Å². The molecule has 154 valence electrons. The van der Waals surface area contributed by atoms with Crippen LogP contribution in [0.3, 0.4) is 0 Å². The number of rotatable bonds is 6. The summed E-state index contributed by atoms with van der Waals surface area (Å²) in [5, 5.41) is 6.04. The number of thiazole rings is 1. The second kappa shape index (κ2) is 7.92. The van der Waals surface area contributed by atoms with Crippen LogP contribution in [-0.4, -0.2) is 37.1 Å². The van der Waals surface area contributed by atoms with Crippen molar-refractivity contribution in [2.45, 2.75) is 6.92 Å². The highest BCUT2D eigenvalue weighted by Crippen LogP contribution is 2.31. The molecule has 2 heterocycles. The minimum atomic E-state index is -3.63. The summed E-state index contributed by atoms with van der Waals surface area (Å²) >= 11 is 1.29. The van der Waals surface area contributed by atoms with Gasteiger partial charge in [-0.2, -0.15) is 0 Å². The number of carbonyl (C=O) groups excluding carboxylic acids is 1. The van der Waals surface area contributed by atoms with Crippen molar-refractivity contribution >= 4 is 49.0 Å². The molecule has 2 aromatic heterocycles. The molecule has 7 nitrogen and oxygen atoms in total. The molecule has 0 fully saturated rings. The van der Waals surface area contributed by atoms with Crippen LogP contribution in [0.5, 0.6) is 0 Å². The van der Waals surface area contributed by atoms with Gasteiger partial charge in [-0.05, 0) is 24.6 Å². The third-order valence-corrected chi connectivity index (χ3v) is 6.57. The van der Waals surface area contributed by atoms with Gasteiger partial charge in [0.2, 0.25) is 15.9 Å².